The van der Waals surface area contributed by atoms with Crippen molar-refractivity contribution in [3.8, 4) is 0 Å². The number of morpholine rings is 1. The van der Waals surface area contributed by atoms with Crippen molar-refractivity contribution in [3.63, 3.8) is 0 Å². The molecule has 1 aliphatic carbocycles. The Balaban J connectivity index is 1.60. The summed E-state index contributed by atoms with van der Waals surface area (Å²) in [5.41, 5.74) is 0.417. The number of rotatable bonds is 5. The van der Waals surface area contributed by atoms with E-state index in [0.717, 1.165) is 45.1 Å². The smallest absolute Gasteiger partial charge is 0.0900 e. The van der Waals surface area contributed by atoms with E-state index in [4.69, 9.17) is 9.47 Å². The molecule has 2 aliphatic rings. The lowest BCUT2D eigenvalue weighted by atomic mass is 9.72. The highest BCUT2D eigenvalue weighted by Gasteiger charge is 2.30. The van der Waals surface area contributed by atoms with Gasteiger partial charge in [-0.15, -0.1) is 0 Å². The Kier molecular flexibility index (Phi) is 6.48. The third-order valence-corrected chi connectivity index (χ3v) is 5.00. The summed E-state index contributed by atoms with van der Waals surface area (Å²) in [5.74, 6) is 0.815. The van der Waals surface area contributed by atoms with Gasteiger partial charge in [0.1, 0.15) is 0 Å². The monoisotopic (exact) mass is 299 g/mol. The third kappa shape index (κ3) is 5.85. The van der Waals surface area contributed by atoms with E-state index in [1.165, 1.54) is 12.8 Å². The zero-order valence-electron chi connectivity index (χ0n) is 14.0. The normalized spacial score (nSPS) is 30.3. The number of ether oxygens (including phenoxy) is 2. The fraction of sp³-hybridized carbons (Fsp3) is 1.00. The first-order valence-corrected chi connectivity index (χ1v) is 8.55. The zero-order valence-corrected chi connectivity index (χ0v) is 14.0. The Morgan fingerprint density at radius 3 is 2.33 bits per heavy atom. The second-order valence-electron chi connectivity index (χ2n) is 7.74. The van der Waals surface area contributed by atoms with E-state index in [1.807, 2.05) is 0 Å². The van der Waals surface area contributed by atoms with Gasteiger partial charge in [-0.2, -0.15) is 0 Å². The highest BCUT2D eigenvalue weighted by Crippen LogP contribution is 2.38. The molecule has 1 saturated heterocycles. The van der Waals surface area contributed by atoms with Crippen molar-refractivity contribution in [1.82, 2.24) is 4.90 Å². The summed E-state index contributed by atoms with van der Waals surface area (Å²) in [6, 6.07) is 0. The maximum Gasteiger partial charge on any atom is 0.0900 e. The lowest BCUT2D eigenvalue weighted by Crippen LogP contribution is -2.42. The zero-order chi connectivity index (χ0) is 15.3. The van der Waals surface area contributed by atoms with Gasteiger partial charge in [-0.05, 0) is 37.0 Å². The molecule has 2 rings (SSSR count). The first-order chi connectivity index (χ1) is 9.95. The topological polar surface area (TPSA) is 41.9 Å². The maximum absolute atomic E-state index is 10.1. The molecule has 0 amide bonds. The van der Waals surface area contributed by atoms with E-state index < -0.39 is 0 Å². The van der Waals surface area contributed by atoms with Gasteiger partial charge in [-0.1, -0.05) is 20.8 Å². The number of aliphatic hydroxyl groups is 1. The molecule has 1 N–H and O–H groups in total. The number of aliphatic hydroxyl groups excluding tert-OH is 1. The summed E-state index contributed by atoms with van der Waals surface area (Å²) in [4.78, 5) is 2.26. The van der Waals surface area contributed by atoms with Crippen molar-refractivity contribution in [2.24, 2.45) is 11.3 Å². The van der Waals surface area contributed by atoms with Crippen LogP contribution in [0.3, 0.4) is 0 Å². The molecular formula is C17H33NO3. The van der Waals surface area contributed by atoms with Crippen LogP contribution in [0.15, 0.2) is 0 Å². The van der Waals surface area contributed by atoms with Gasteiger partial charge >= 0.3 is 0 Å². The van der Waals surface area contributed by atoms with Gasteiger partial charge in [-0.25, -0.2) is 0 Å². The van der Waals surface area contributed by atoms with Gasteiger partial charge in [-0.3, -0.25) is 4.90 Å². The van der Waals surface area contributed by atoms with Crippen molar-refractivity contribution in [3.05, 3.63) is 0 Å². The first-order valence-electron chi connectivity index (χ1n) is 8.55. The highest BCUT2D eigenvalue weighted by molar-refractivity contribution is 4.81. The third-order valence-electron chi connectivity index (χ3n) is 5.00. The van der Waals surface area contributed by atoms with E-state index in [1.54, 1.807) is 0 Å². The predicted octanol–water partition coefficient (Wildman–Crippen LogP) is 2.30. The van der Waals surface area contributed by atoms with Crippen molar-refractivity contribution < 1.29 is 14.6 Å². The Morgan fingerprint density at radius 1 is 1.14 bits per heavy atom. The molecule has 1 heterocycles. The Morgan fingerprint density at radius 2 is 1.76 bits per heavy atom. The maximum atomic E-state index is 10.1. The van der Waals surface area contributed by atoms with Crippen molar-refractivity contribution in [2.45, 2.75) is 58.7 Å². The second-order valence-corrected chi connectivity index (χ2v) is 7.74. The first kappa shape index (κ1) is 17.2. The number of nitrogens with zero attached hydrogens (tertiary/aromatic N) is 1. The van der Waals surface area contributed by atoms with Gasteiger partial charge in [0.2, 0.25) is 0 Å². The van der Waals surface area contributed by atoms with Crippen LogP contribution in [-0.2, 0) is 9.47 Å². The summed E-state index contributed by atoms with van der Waals surface area (Å²) in [6.07, 6.45) is 4.78. The summed E-state index contributed by atoms with van der Waals surface area (Å²) in [7, 11) is 0. The van der Waals surface area contributed by atoms with Gasteiger partial charge < -0.3 is 14.6 Å². The van der Waals surface area contributed by atoms with Crippen LogP contribution in [-0.4, -0.2) is 61.7 Å². The van der Waals surface area contributed by atoms with Crippen LogP contribution >= 0.6 is 0 Å². The van der Waals surface area contributed by atoms with Crippen LogP contribution in [0.1, 0.15) is 46.5 Å². The van der Waals surface area contributed by atoms with Gasteiger partial charge in [0.15, 0.2) is 0 Å². The van der Waals surface area contributed by atoms with Gasteiger partial charge in [0.05, 0.1) is 32.0 Å². The Bertz CT molecular complexity index is 289. The summed E-state index contributed by atoms with van der Waals surface area (Å²) in [5, 5.41) is 10.1. The molecule has 4 nitrogen and oxygen atoms in total. The van der Waals surface area contributed by atoms with E-state index in [9.17, 15) is 5.11 Å². The Hall–Kier alpha value is -0.160. The molecule has 21 heavy (non-hydrogen) atoms. The Labute approximate surface area is 129 Å². The largest absolute Gasteiger partial charge is 0.389 e. The van der Waals surface area contributed by atoms with Crippen LogP contribution < -0.4 is 0 Å². The summed E-state index contributed by atoms with van der Waals surface area (Å²) >= 11 is 0. The predicted molar refractivity (Wildman–Crippen MR) is 84.4 cm³/mol. The van der Waals surface area contributed by atoms with Crippen LogP contribution in [0.25, 0.3) is 0 Å². The van der Waals surface area contributed by atoms with Crippen molar-refractivity contribution in [1.29, 1.82) is 0 Å². The van der Waals surface area contributed by atoms with Crippen molar-refractivity contribution >= 4 is 0 Å². The minimum Gasteiger partial charge on any atom is -0.389 e. The SMILES string of the molecule is CC(C)(C)C1CCC(OC[C@H](O)CN2CCOCC2)CC1. The van der Waals surface area contributed by atoms with Crippen molar-refractivity contribution in [2.75, 3.05) is 39.5 Å². The second kappa shape index (κ2) is 7.91. The molecule has 0 spiro atoms. The standard InChI is InChI=1S/C17H33NO3/c1-17(2,3)14-4-6-16(7-5-14)21-13-15(19)12-18-8-10-20-11-9-18/h14-16,19H,4-13H2,1-3H3/t14?,15-,16?/m1/s1. The minimum absolute atomic E-state index is 0.350. The van der Waals surface area contributed by atoms with E-state index in [0.29, 0.717) is 24.7 Å². The lowest BCUT2D eigenvalue weighted by Gasteiger charge is -2.37. The number of hydrogen-bond donors (Lipinski definition) is 1. The quantitative estimate of drug-likeness (QED) is 0.846. The summed E-state index contributed by atoms with van der Waals surface area (Å²) in [6.45, 7) is 11.6. The fourth-order valence-electron chi connectivity index (χ4n) is 3.48. The summed E-state index contributed by atoms with van der Waals surface area (Å²) < 4.78 is 11.3. The molecule has 0 aromatic carbocycles. The van der Waals surface area contributed by atoms with Gasteiger partial charge in [0, 0.05) is 19.6 Å². The average Bonchev–Trinajstić information content (AvgIpc) is 2.46. The fourth-order valence-corrected chi connectivity index (χ4v) is 3.48. The molecular weight excluding hydrogens is 266 g/mol. The van der Waals surface area contributed by atoms with Crippen LogP contribution in [0.5, 0.6) is 0 Å². The van der Waals surface area contributed by atoms with Crippen LogP contribution in [0, 0.1) is 11.3 Å². The van der Waals surface area contributed by atoms with Crippen LogP contribution in [0.2, 0.25) is 0 Å². The van der Waals surface area contributed by atoms with Crippen LogP contribution in [0.4, 0.5) is 0 Å². The number of hydrogen-bond acceptors (Lipinski definition) is 4. The molecule has 2 fully saturated rings. The molecule has 1 atom stereocenters. The molecule has 0 bridgehead atoms. The van der Waals surface area contributed by atoms with E-state index >= 15 is 0 Å². The molecule has 0 radical (unpaired) electrons. The molecule has 0 unspecified atom stereocenters. The van der Waals surface area contributed by atoms with E-state index in [2.05, 4.69) is 25.7 Å². The molecule has 1 aliphatic heterocycles. The molecule has 1 saturated carbocycles. The highest BCUT2D eigenvalue weighted by atomic mass is 16.5. The van der Waals surface area contributed by atoms with Gasteiger partial charge in [0.25, 0.3) is 0 Å². The lowest BCUT2D eigenvalue weighted by molar-refractivity contribution is -0.0528. The molecule has 0 aromatic rings. The van der Waals surface area contributed by atoms with E-state index in [-0.39, 0.29) is 6.10 Å². The number of β-amino-alcohol motifs (C(OH)–C–C–N with tert-alkyl or cyclic N) is 1. The molecule has 124 valence electrons. The molecule has 0 aromatic heterocycles. The minimum atomic E-state index is -0.372. The average molecular weight is 299 g/mol. The molecule has 4 heteroatoms.